The molecule has 1 amide bonds. The molecule has 2 unspecified atom stereocenters. The summed E-state index contributed by atoms with van der Waals surface area (Å²) in [5, 5.41) is 11.7. The first-order chi connectivity index (χ1) is 10.0. The molecule has 124 valence electrons. The van der Waals surface area contributed by atoms with Gasteiger partial charge in [0.15, 0.2) is 0 Å². The van der Waals surface area contributed by atoms with Crippen LogP contribution in [0.1, 0.15) is 24.8 Å². The second kappa shape index (κ2) is 11.0. The quantitative estimate of drug-likeness (QED) is 0.497. The van der Waals surface area contributed by atoms with Crippen LogP contribution in [-0.2, 0) is 16.0 Å². The van der Waals surface area contributed by atoms with Gasteiger partial charge in [-0.1, -0.05) is 36.8 Å². The van der Waals surface area contributed by atoms with Crippen LogP contribution in [0.4, 0.5) is 0 Å². The van der Waals surface area contributed by atoms with Crippen molar-refractivity contribution in [3.8, 4) is 0 Å². The van der Waals surface area contributed by atoms with Crippen molar-refractivity contribution in [3.63, 3.8) is 0 Å². The molecule has 0 saturated carbocycles. The van der Waals surface area contributed by atoms with E-state index in [2.05, 4.69) is 5.32 Å². The van der Waals surface area contributed by atoms with Crippen LogP contribution in [0.2, 0.25) is 0 Å². The van der Waals surface area contributed by atoms with Gasteiger partial charge in [-0.3, -0.25) is 4.79 Å². The van der Waals surface area contributed by atoms with Crippen molar-refractivity contribution < 1.29 is 14.7 Å². The minimum Gasteiger partial charge on any atom is -0.480 e. The molecule has 0 aliphatic carbocycles. The third-order valence-electron chi connectivity index (χ3n) is 3.20. The fraction of sp³-hybridized carbons (Fsp3) is 0.467. The Morgan fingerprint density at radius 1 is 1.18 bits per heavy atom. The number of nitrogens with two attached hydrogens (primary N) is 2. The number of carboxylic acid groups (broad SMARTS) is 1. The summed E-state index contributed by atoms with van der Waals surface area (Å²) in [4.78, 5) is 23.2. The molecule has 1 aromatic carbocycles. The maximum atomic E-state index is 11.9. The highest BCUT2D eigenvalue weighted by Crippen LogP contribution is 2.05. The summed E-state index contributed by atoms with van der Waals surface area (Å²) in [5.41, 5.74) is 12.0. The Hall–Kier alpha value is -1.63. The Labute approximate surface area is 136 Å². The number of rotatable bonds is 9. The summed E-state index contributed by atoms with van der Waals surface area (Å²) in [5.74, 6) is -1.50. The normalized spacial score (nSPS) is 12.8. The third-order valence-corrected chi connectivity index (χ3v) is 3.20. The number of aliphatic carboxylic acids is 1. The Balaban J connectivity index is 0.00000441. The predicted octanol–water partition coefficient (Wildman–Crippen LogP) is 0.677. The molecule has 6 nitrogen and oxygen atoms in total. The Morgan fingerprint density at radius 3 is 2.36 bits per heavy atom. The van der Waals surface area contributed by atoms with Crippen LogP contribution in [-0.4, -0.2) is 35.6 Å². The first-order valence-corrected chi connectivity index (χ1v) is 7.07. The standard InChI is InChI=1S/C15H23N3O3.ClH/c16-9-5-4-8-12(17)14(19)18-13(15(20)21)10-11-6-2-1-3-7-11;/h1-3,6-7,12-13H,4-5,8-10,16-17H2,(H,18,19)(H,20,21);1H. The van der Waals surface area contributed by atoms with Crippen LogP contribution in [0, 0.1) is 0 Å². The Morgan fingerprint density at radius 2 is 1.82 bits per heavy atom. The van der Waals surface area contributed by atoms with E-state index in [1.54, 1.807) is 0 Å². The van der Waals surface area contributed by atoms with Gasteiger partial charge in [-0.05, 0) is 24.9 Å². The zero-order valence-electron chi connectivity index (χ0n) is 12.4. The summed E-state index contributed by atoms with van der Waals surface area (Å²) >= 11 is 0. The molecule has 1 rings (SSSR count). The van der Waals surface area contributed by atoms with Crippen LogP contribution in [0.3, 0.4) is 0 Å². The van der Waals surface area contributed by atoms with Crippen LogP contribution < -0.4 is 16.8 Å². The average molecular weight is 330 g/mol. The number of carboxylic acids is 1. The second-order valence-electron chi connectivity index (χ2n) is 4.98. The van der Waals surface area contributed by atoms with E-state index in [1.807, 2.05) is 30.3 Å². The van der Waals surface area contributed by atoms with Crippen molar-refractivity contribution in [1.29, 1.82) is 0 Å². The number of carbonyl (C=O) groups excluding carboxylic acids is 1. The molecular formula is C15H24ClN3O3. The SMILES string of the molecule is Cl.NCCCCC(N)C(=O)NC(Cc1ccccc1)C(=O)O. The van der Waals surface area contributed by atoms with Gasteiger partial charge < -0.3 is 21.9 Å². The molecule has 0 fully saturated rings. The summed E-state index contributed by atoms with van der Waals surface area (Å²) in [6.07, 6.45) is 2.28. The Kier molecular flexibility index (Phi) is 10.2. The van der Waals surface area contributed by atoms with Gasteiger partial charge in [-0.15, -0.1) is 12.4 Å². The van der Waals surface area contributed by atoms with E-state index in [-0.39, 0.29) is 18.8 Å². The summed E-state index contributed by atoms with van der Waals surface area (Å²) < 4.78 is 0. The van der Waals surface area contributed by atoms with Gasteiger partial charge in [-0.2, -0.15) is 0 Å². The lowest BCUT2D eigenvalue weighted by Crippen LogP contribution is -2.49. The van der Waals surface area contributed by atoms with E-state index in [0.717, 1.165) is 18.4 Å². The van der Waals surface area contributed by atoms with E-state index < -0.39 is 24.0 Å². The maximum Gasteiger partial charge on any atom is 0.326 e. The van der Waals surface area contributed by atoms with Crippen LogP contribution in [0.25, 0.3) is 0 Å². The lowest BCUT2D eigenvalue weighted by Gasteiger charge is -2.18. The molecule has 0 radical (unpaired) electrons. The van der Waals surface area contributed by atoms with Gasteiger partial charge in [0.1, 0.15) is 6.04 Å². The number of benzene rings is 1. The Bertz CT molecular complexity index is 457. The van der Waals surface area contributed by atoms with E-state index in [1.165, 1.54) is 0 Å². The second-order valence-corrected chi connectivity index (χ2v) is 4.98. The van der Waals surface area contributed by atoms with E-state index in [0.29, 0.717) is 13.0 Å². The lowest BCUT2D eigenvalue weighted by atomic mass is 10.0. The molecule has 0 aliphatic rings. The van der Waals surface area contributed by atoms with Crippen molar-refractivity contribution >= 4 is 24.3 Å². The number of carbonyl (C=O) groups is 2. The van der Waals surface area contributed by atoms with Gasteiger partial charge >= 0.3 is 5.97 Å². The summed E-state index contributed by atoms with van der Waals surface area (Å²) in [7, 11) is 0. The molecule has 0 aliphatic heterocycles. The van der Waals surface area contributed by atoms with Crippen LogP contribution >= 0.6 is 12.4 Å². The molecular weight excluding hydrogens is 306 g/mol. The van der Waals surface area contributed by atoms with Crippen molar-refractivity contribution in [1.82, 2.24) is 5.32 Å². The molecule has 0 spiro atoms. The predicted molar refractivity (Wildman–Crippen MR) is 87.8 cm³/mol. The van der Waals surface area contributed by atoms with Crippen LogP contribution in [0.5, 0.6) is 0 Å². The summed E-state index contributed by atoms with van der Waals surface area (Å²) in [6, 6.07) is 7.48. The van der Waals surface area contributed by atoms with E-state index in [4.69, 9.17) is 11.5 Å². The van der Waals surface area contributed by atoms with Crippen LogP contribution in [0.15, 0.2) is 30.3 Å². The van der Waals surface area contributed by atoms with Gasteiger partial charge in [0, 0.05) is 6.42 Å². The van der Waals surface area contributed by atoms with Crippen molar-refractivity contribution in [3.05, 3.63) is 35.9 Å². The molecule has 0 bridgehead atoms. The molecule has 22 heavy (non-hydrogen) atoms. The first kappa shape index (κ1) is 20.4. The summed E-state index contributed by atoms with van der Waals surface area (Å²) in [6.45, 7) is 0.556. The number of nitrogens with one attached hydrogen (secondary N) is 1. The molecule has 1 aromatic rings. The number of halogens is 1. The molecule has 0 saturated heterocycles. The number of unbranched alkanes of at least 4 members (excludes halogenated alkanes) is 1. The van der Waals surface area contributed by atoms with E-state index in [9.17, 15) is 14.7 Å². The molecule has 6 N–H and O–H groups in total. The fourth-order valence-corrected chi connectivity index (χ4v) is 1.97. The van der Waals surface area contributed by atoms with Gasteiger partial charge in [0.2, 0.25) is 5.91 Å². The fourth-order valence-electron chi connectivity index (χ4n) is 1.97. The minimum absolute atomic E-state index is 0. The number of amides is 1. The highest BCUT2D eigenvalue weighted by Gasteiger charge is 2.23. The highest BCUT2D eigenvalue weighted by molar-refractivity contribution is 5.86. The molecule has 0 aromatic heterocycles. The maximum absolute atomic E-state index is 11.9. The molecule has 7 heteroatoms. The topological polar surface area (TPSA) is 118 Å². The van der Waals surface area contributed by atoms with Crippen molar-refractivity contribution in [2.75, 3.05) is 6.54 Å². The minimum atomic E-state index is -1.07. The number of hydrogen-bond acceptors (Lipinski definition) is 4. The van der Waals surface area contributed by atoms with E-state index >= 15 is 0 Å². The smallest absolute Gasteiger partial charge is 0.326 e. The zero-order chi connectivity index (χ0) is 15.7. The zero-order valence-corrected chi connectivity index (χ0v) is 13.2. The van der Waals surface area contributed by atoms with Gasteiger partial charge in [0.05, 0.1) is 6.04 Å². The van der Waals surface area contributed by atoms with Crippen molar-refractivity contribution in [2.45, 2.75) is 37.8 Å². The molecule has 0 heterocycles. The highest BCUT2D eigenvalue weighted by atomic mass is 35.5. The monoisotopic (exact) mass is 329 g/mol. The third kappa shape index (κ3) is 7.40. The first-order valence-electron chi connectivity index (χ1n) is 7.07. The van der Waals surface area contributed by atoms with Gasteiger partial charge in [0.25, 0.3) is 0 Å². The lowest BCUT2D eigenvalue weighted by molar-refractivity contribution is -0.142. The van der Waals surface area contributed by atoms with Crippen molar-refractivity contribution in [2.24, 2.45) is 11.5 Å². The van der Waals surface area contributed by atoms with Gasteiger partial charge in [-0.25, -0.2) is 4.79 Å². The number of hydrogen-bond donors (Lipinski definition) is 4. The average Bonchev–Trinajstić information content (AvgIpc) is 2.47. The largest absolute Gasteiger partial charge is 0.480 e. The molecule has 2 atom stereocenters.